The molecule has 1 aromatic rings. The Labute approximate surface area is 119 Å². The third-order valence-electron chi connectivity index (χ3n) is 2.94. The van der Waals surface area contributed by atoms with Crippen molar-refractivity contribution < 1.29 is 14.4 Å². The molecule has 19 heavy (non-hydrogen) atoms. The molecule has 4 amide bonds. The van der Waals surface area contributed by atoms with Crippen molar-refractivity contribution in [1.29, 1.82) is 0 Å². The highest BCUT2D eigenvalue weighted by molar-refractivity contribution is 9.10. The van der Waals surface area contributed by atoms with Gasteiger partial charge in [0, 0.05) is 4.47 Å². The Kier molecular flexibility index (Phi) is 3.71. The van der Waals surface area contributed by atoms with Gasteiger partial charge >= 0.3 is 6.03 Å². The molecule has 1 aliphatic heterocycles. The van der Waals surface area contributed by atoms with Crippen molar-refractivity contribution in [3.05, 3.63) is 28.7 Å². The largest absolute Gasteiger partial charge is 0.335 e. The zero-order valence-corrected chi connectivity index (χ0v) is 12.1. The average molecular weight is 325 g/mol. The molecule has 0 spiro atoms. The van der Waals surface area contributed by atoms with E-state index in [4.69, 9.17) is 0 Å². The topological polar surface area (TPSA) is 66.5 Å². The fourth-order valence-electron chi connectivity index (χ4n) is 2.04. The maximum Gasteiger partial charge on any atom is 0.335 e. The quantitative estimate of drug-likeness (QED) is 0.849. The third-order valence-corrected chi connectivity index (χ3v) is 3.43. The molecule has 0 bridgehead atoms. The second kappa shape index (κ2) is 5.13. The molecular formula is C13H13BrN2O3. The molecule has 1 heterocycles. The second-order valence-electron chi connectivity index (χ2n) is 4.67. The lowest BCUT2D eigenvalue weighted by Crippen LogP contribution is -2.59. The second-order valence-corrected chi connectivity index (χ2v) is 5.59. The molecule has 2 rings (SSSR count). The Balaban J connectivity index is 2.42. The number of anilines is 1. The number of amides is 4. The van der Waals surface area contributed by atoms with Gasteiger partial charge in [-0.2, -0.15) is 0 Å². The summed E-state index contributed by atoms with van der Waals surface area (Å²) in [6, 6.07) is 6.12. The number of carbonyl (C=O) groups is 3. The van der Waals surface area contributed by atoms with Crippen molar-refractivity contribution >= 4 is 39.5 Å². The fourth-order valence-corrected chi connectivity index (χ4v) is 2.43. The molecule has 0 aliphatic carbocycles. The first kappa shape index (κ1) is 13.7. The van der Waals surface area contributed by atoms with Gasteiger partial charge in [0.15, 0.2) is 0 Å². The van der Waals surface area contributed by atoms with E-state index in [1.54, 1.807) is 38.1 Å². The van der Waals surface area contributed by atoms with Crippen molar-refractivity contribution in [2.75, 3.05) is 4.90 Å². The fraction of sp³-hybridized carbons (Fsp3) is 0.308. The molecule has 1 N–H and O–H groups in total. The van der Waals surface area contributed by atoms with E-state index in [2.05, 4.69) is 21.2 Å². The number of barbiturate groups is 1. The zero-order chi connectivity index (χ0) is 14.2. The zero-order valence-electron chi connectivity index (χ0n) is 10.5. The summed E-state index contributed by atoms with van der Waals surface area (Å²) in [7, 11) is 0. The van der Waals surface area contributed by atoms with E-state index in [0.717, 1.165) is 9.37 Å². The lowest BCUT2D eigenvalue weighted by atomic mass is 9.92. The highest BCUT2D eigenvalue weighted by Gasteiger charge is 2.42. The summed E-state index contributed by atoms with van der Waals surface area (Å²) >= 11 is 3.29. The molecule has 1 unspecified atom stereocenters. The predicted octanol–water partition coefficient (Wildman–Crippen LogP) is 2.30. The van der Waals surface area contributed by atoms with Gasteiger partial charge in [0.1, 0.15) is 5.92 Å². The molecule has 5 nitrogen and oxygen atoms in total. The minimum atomic E-state index is -0.836. The minimum absolute atomic E-state index is 0.171. The Morgan fingerprint density at radius 2 is 1.95 bits per heavy atom. The van der Waals surface area contributed by atoms with E-state index in [0.29, 0.717) is 5.69 Å². The van der Waals surface area contributed by atoms with Gasteiger partial charge in [0.05, 0.1) is 5.69 Å². The highest BCUT2D eigenvalue weighted by atomic mass is 79.9. The van der Waals surface area contributed by atoms with Crippen LogP contribution in [-0.2, 0) is 9.59 Å². The Morgan fingerprint density at radius 1 is 1.26 bits per heavy atom. The van der Waals surface area contributed by atoms with Crippen LogP contribution in [0.5, 0.6) is 0 Å². The first-order valence-corrected chi connectivity index (χ1v) is 6.65. The summed E-state index contributed by atoms with van der Waals surface area (Å²) in [4.78, 5) is 36.9. The monoisotopic (exact) mass is 324 g/mol. The van der Waals surface area contributed by atoms with Crippen LogP contribution in [0.1, 0.15) is 13.8 Å². The summed E-state index contributed by atoms with van der Waals surface area (Å²) in [5.74, 6) is -2.02. The third kappa shape index (κ3) is 2.53. The van der Waals surface area contributed by atoms with E-state index in [1.165, 1.54) is 0 Å². The van der Waals surface area contributed by atoms with Crippen LogP contribution < -0.4 is 10.2 Å². The SMILES string of the molecule is CC(C)C1C(=O)NC(=O)N(c2cccc(Br)c2)C1=O. The van der Waals surface area contributed by atoms with Crippen molar-refractivity contribution in [3.63, 3.8) is 0 Å². The van der Waals surface area contributed by atoms with Crippen LogP contribution in [0.4, 0.5) is 10.5 Å². The number of nitrogens with zero attached hydrogens (tertiary/aromatic N) is 1. The number of halogens is 1. The molecule has 100 valence electrons. The van der Waals surface area contributed by atoms with Crippen LogP contribution in [0.2, 0.25) is 0 Å². The maximum atomic E-state index is 12.3. The number of urea groups is 1. The first-order chi connectivity index (χ1) is 8.91. The highest BCUT2D eigenvalue weighted by Crippen LogP contribution is 2.26. The Bertz CT molecular complexity index is 557. The normalized spacial score (nSPS) is 19.9. The van der Waals surface area contributed by atoms with Gasteiger partial charge in [-0.05, 0) is 24.1 Å². The molecular weight excluding hydrogens is 312 g/mol. The van der Waals surface area contributed by atoms with Crippen molar-refractivity contribution in [2.24, 2.45) is 11.8 Å². The van der Waals surface area contributed by atoms with Gasteiger partial charge in [-0.15, -0.1) is 0 Å². The summed E-state index contributed by atoms with van der Waals surface area (Å²) < 4.78 is 0.753. The van der Waals surface area contributed by atoms with Crippen LogP contribution in [-0.4, -0.2) is 17.8 Å². The number of rotatable bonds is 2. The maximum absolute atomic E-state index is 12.3. The summed E-state index contributed by atoms with van der Waals surface area (Å²) in [6.45, 7) is 3.55. The van der Waals surface area contributed by atoms with Crippen LogP contribution in [0.3, 0.4) is 0 Å². The van der Waals surface area contributed by atoms with Crippen molar-refractivity contribution in [2.45, 2.75) is 13.8 Å². The summed E-state index contributed by atoms with van der Waals surface area (Å²) in [6.07, 6.45) is 0. The summed E-state index contributed by atoms with van der Waals surface area (Å²) in [5, 5.41) is 2.22. The van der Waals surface area contributed by atoms with E-state index in [1.807, 2.05) is 0 Å². The molecule has 0 aromatic heterocycles. The molecule has 6 heteroatoms. The van der Waals surface area contributed by atoms with Crippen LogP contribution in [0.25, 0.3) is 0 Å². The Hall–Kier alpha value is -1.69. The van der Waals surface area contributed by atoms with Gasteiger partial charge < -0.3 is 0 Å². The molecule has 1 aromatic carbocycles. The predicted molar refractivity (Wildman–Crippen MR) is 73.5 cm³/mol. The smallest absolute Gasteiger partial charge is 0.277 e. The van der Waals surface area contributed by atoms with Gasteiger partial charge in [-0.25, -0.2) is 9.69 Å². The van der Waals surface area contributed by atoms with Crippen molar-refractivity contribution in [3.8, 4) is 0 Å². The van der Waals surface area contributed by atoms with Crippen LogP contribution in [0.15, 0.2) is 28.7 Å². The minimum Gasteiger partial charge on any atom is -0.277 e. The lowest BCUT2D eigenvalue weighted by Gasteiger charge is -2.31. The first-order valence-electron chi connectivity index (χ1n) is 5.86. The van der Waals surface area contributed by atoms with Gasteiger partial charge in [0.2, 0.25) is 11.8 Å². The van der Waals surface area contributed by atoms with E-state index in [-0.39, 0.29) is 5.92 Å². The van der Waals surface area contributed by atoms with E-state index < -0.39 is 23.8 Å². The van der Waals surface area contributed by atoms with Gasteiger partial charge in [-0.3, -0.25) is 14.9 Å². The van der Waals surface area contributed by atoms with Gasteiger partial charge in [-0.1, -0.05) is 35.8 Å². The van der Waals surface area contributed by atoms with E-state index >= 15 is 0 Å². The number of hydrogen-bond donors (Lipinski definition) is 1. The molecule has 1 aliphatic rings. The molecule has 1 atom stereocenters. The van der Waals surface area contributed by atoms with Crippen molar-refractivity contribution in [1.82, 2.24) is 5.32 Å². The average Bonchev–Trinajstić information content (AvgIpc) is 2.27. The lowest BCUT2D eigenvalue weighted by molar-refractivity contribution is -0.136. The number of benzene rings is 1. The number of nitrogens with one attached hydrogen (secondary N) is 1. The Morgan fingerprint density at radius 3 is 2.53 bits per heavy atom. The number of imide groups is 2. The number of carbonyl (C=O) groups excluding carboxylic acids is 3. The van der Waals surface area contributed by atoms with Gasteiger partial charge in [0.25, 0.3) is 0 Å². The molecule has 0 radical (unpaired) electrons. The number of hydrogen-bond acceptors (Lipinski definition) is 3. The molecule has 1 fully saturated rings. The standard InChI is InChI=1S/C13H13BrN2O3/c1-7(2)10-11(17)15-13(19)16(12(10)18)9-5-3-4-8(14)6-9/h3-7,10H,1-2H3,(H,15,17,19). The van der Waals surface area contributed by atoms with Crippen LogP contribution >= 0.6 is 15.9 Å². The molecule has 1 saturated heterocycles. The van der Waals surface area contributed by atoms with Crippen LogP contribution in [0, 0.1) is 11.8 Å². The van der Waals surface area contributed by atoms with E-state index in [9.17, 15) is 14.4 Å². The molecule has 0 saturated carbocycles. The summed E-state index contributed by atoms with van der Waals surface area (Å²) in [5.41, 5.74) is 0.440.